The van der Waals surface area contributed by atoms with Crippen LogP contribution >= 0.6 is 15.9 Å². The molecule has 0 saturated heterocycles. The monoisotopic (exact) mass is 462 g/mol. The molecule has 0 aromatic heterocycles. The maximum Gasteiger partial charge on any atom is 0.264 e. The maximum absolute atomic E-state index is 12.7. The molecule has 7 heteroatoms. The number of methoxy groups -OCH3 is 1. The van der Waals surface area contributed by atoms with E-state index in [9.17, 15) is 8.42 Å². The fourth-order valence-electron chi connectivity index (χ4n) is 3.14. The molecule has 0 fully saturated rings. The van der Waals surface area contributed by atoms with Crippen LogP contribution in [0.4, 0.5) is 0 Å². The number of nitrogens with zero attached hydrogens (tertiary/aromatic N) is 1. The van der Waals surface area contributed by atoms with Crippen LogP contribution in [0.5, 0.6) is 5.75 Å². The minimum absolute atomic E-state index is 0.280. The Morgan fingerprint density at radius 1 is 1.14 bits per heavy atom. The van der Waals surface area contributed by atoms with E-state index in [1.165, 1.54) is 5.56 Å². The molecule has 0 spiro atoms. The maximum atomic E-state index is 12.7. The van der Waals surface area contributed by atoms with E-state index in [1.54, 1.807) is 14.0 Å². The van der Waals surface area contributed by atoms with E-state index in [4.69, 9.17) is 4.74 Å². The van der Waals surface area contributed by atoms with Gasteiger partial charge in [0.1, 0.15) is 16.5 Å². The molecule has 2 aromatic carbocycles. The van der Waals surface area contributed by atoms with Crippen molar-refractivity contribution in [3.63, 3.8) is 0 Å². The zero-order valence-electron chi connectivity index (χ0n) is 16.3. The number of nitrogens with one attached hydrogen (secondary N) is 1. The fourth-order valence-corrected chi connectivity index (χ4v) is 5.07. The molecule has 3 rings (SSSR count). The van der Waals surface area contributed by atoms with E-state index in [0.717, 1.165) is 10.0 Å². The molecule has 148 valence electrons. The van der Waals surface area contributed by atoms with Crippen molar-refractivity contribution in [3.05, 3.63) is 69.2 Å². The number of ether oxygens (including phenoxy) is 1. The Labute approximate surface area is 174 Å². The first kappa shape index (κ1) is 20.6. The van der Waals surface area contributed by atoms with Gasteiger partial charge in [-0.3, -0.25) is 9.71 Å². The lowest BCUT2D eigenvalue weighted by atomic mass is 10.0. The molecule has 0 bridgehead atoms. The Bertz CT molecular complexity index is 1060. The molecule has 0 atom stereocenters. The summed E-state index contributed by atoms with van der Waals surface area (Å²) in [6.07, 6.45) is 0. The van der Waals surface area contributed by atoms with Gasteiger partial charge < -0.3 is 4.74 Å². The normalized spacial score (nSPS) is 17.3. The van der Waals surface area contributed by atoms with Crippen molar-refractivity contribution in [3.8, 4) is 5.75 Å². The Balaban J connectivity index is 1.96. The predicted octanol–water partition coefficient (Wildman–Crippen LogP) is 4.84. The first-order valence-electron chi connectivity index (χ1n) is 8.94. The third kappa shape index (κ3) is 4.15. The number of hydrogen-bond donors (Lipinski definition) is 1. The van der Waals surface area contributed by atoms with E-state index >= 15 is 0 Å². The van der Waals surface area contributed by atoms with Gasteiger partial charge in [-0.1, -0.05) is 54.0 Å². The predicted molar refractivity (Wildman–Crippen MR) is 117 cm³/mol. The van der Waals surface area contributed by atoms with E-state index < -0.39 is 10.0 Å². The SMILES string of the molecule is COc1ccc(Br)cc1CN=C1NS(=O)(=O)C(c2ccc(C(C)C)cc2)=C1C. The van der Waals surface area contributed by atoms with Crippen molar-refractivity contribution in [2.45, 2.75) is 33.2 Å². The van der Waals surface area contributed by atoms with Crippen LogP contribution in [0.1, 0.15) is 43.4 Å². The van der Waals surface area contributed by atoms with Gasteiger partial charge in [0.2, 0.25) is 0 Å². The molecule has 0 amide bonds. The molecule has 0 saturated carbocycles. The standard InChI is InChI=1S/C21H23BrN2O3S/c1-13(2)15-5-7-16(8-6-15)20-14(3)21(24-28(20,25)26)23-12-17-11-18(22)9-10-19(17)27-4/h5-11,13H,12H2,1-4H3,(H,23,24). The average molecular weight is 463 g/mol. The fraction of sp³-hybridized carbons (Fsp3) is 0.286. The minimum atomic E-state index is -3.64. The number of hydrogen-bond acceptors (Lipinski definition) is 4. The Morgan fingerprint density at radius 3 is 2.43 bits per heavy atom. The molecule has 1 aliphatic rings. The summed E-state index contributed by atoms with van der Waals surface area (Å²) < 4.78 is 34.3. The number of rotatable bonds is 5. The highest BCUT2D eigenvalue weighted by molar-refractivity contribution is 9.10. The highest BCUT2D eigenvalue weighted by Crippen LogP contribution is 2.31. The van der Waals surface area contributed by atoms with Crippen LogP contribution < -0.4 is 9.46 Å². The molecule has 2 aromatic rings. The zero-order valence-corrected chi connectivity index (χ0v) is 18.7. The van der Waals surface area contributed by atoms with Crippen LogP contribution in [0.15, 0.2) is 57.5 Å². The van der Waals surface area contributed by atoms with Crippen LogP contribution in [0.3, 0.4) is 0 Å². The molecular weight excluding hydrogens is 440 g/mol. The van der Waals surface area contributed by atoms with Crippen molar-refractivity contribution in [1.29, 1.82) is 0 Å². The van der Waals surface area contributed by atoms with Gasteiger partial charge in [0.15, 0.2) is 0 Å². The number of sulfonamides is 1. The average Bonchev–Trinajstić information content (AvgIpc) is 2.88. The van der Waals surface area contributed by atoms with Gasteiger partial charge in [-0.05, 0) is 42.2 Å². The lowest BCUT2D eigenvalue weighted by molar-refractivity contribution is 0.410. The minimum Gasteiger partial charge on any atom is -0.496 e. The van der Waals surface area contributed by atoms with E-state index in [0.29, 0.717) is 35.2 Å². The molecule has 1 N–H and O–H groups in total. The quantitative estimate of drug-likeness (QED) is 0.690. The molecule has 0 unspecified atom stereocenters. The van der Waals surface area contributed by atoms with Gasteiger partial charge in [0, 0.05) is 15.6 Å². The molecule has 0 aliphatic carbocycles. The summed E-state index contributed by atoms with van der Waals surface area (Å²) in [6.45, 7) is 6.29. The Morgan fingerprint density at radius 2 is 1.82 bits per heavy atom. The summed E-state index contributed by atoms with van der Waals surface area (Å²) in [5.41, 5.74) is 3.32. The van der Waals surface area contributed by atoms with Gasteiger partial charge in [-0.15, -0.1) is 0 Å². The van der Waals surface area contributed by atoms with Crippen LogP contribution in [0.25, 0.3) is 4.91 Å². The number of amidine groups is 1. The van der Waals surface area contributed by atoms with Gasteiger partial charge >= 0.3 is 0 Å². The Kier molecular flexibility index (Phi) is 5.95. The van der Waals surface area contributed by atoms with Crippen LogP contribution in [-0.4, -0.2) is 21.4 Å². The Hall–Kier alpha value is -2.12. The second-order valence-electron chi connectivity index (χ2n) is 6.96. The topological polar surface area (TPSA) is 67.8 Å². The van der Waals surface area contributed by atoms with Crippen molar-refractivity contribution in [2.24, 2.45) is 4.99 Å². The summed E-state index contributed by atoms with van der Waals surface area (Å²) in [5, 5.41) is 0. The van der Waals surface area contributed by atoms with Gasteiger partial charge in [0.05, 0.1) is 13.7 Å². The number of benzene rings is 2. The number of halogens is 1. The lowest BCUT2D eigenvalue weighted by Crippen LogP contribution is -2.23. The van der Waals surface area contributed by atoms with Gasteiger partial charge in [-0.25, -0.2) is 8.42 Å². The second kappa shape index (κ2) is 8.09. The summed E-state index contributed by atoms with van der Waals surface area (Å²) in [7, 11) is -2.04. The lowest BCUT2D eigenvalue weighted by Gasteiger charge is -2.07. The third-order valence-corrected chi connectivity index (χ3v) is 6.72. The van der Waals surface area contributed by atoms with E-state index in [1.807, 2.05) is 42.5 Å². The molecule has 5 nitrogen and oxygen atoms in total. The van der Waals surface area contributed by atoms with Crippen molar-refractivity contribution in [1.82, 2.24) is 4.72 Å². The summed E-state index contributed by atoms with van der Waals surface area (Å²) in [6, 6.07) is 13.3. The number of aliphatic imine (C=N–C) groups is 1. The summed E-state index contributed by atoms with van der Waals surface area (Å²) in [4.78, 5) is 4.79. The summed E-state index contributed by atoms with van der Waals surface area (Å²) >= 11 is 3.44. The van der Waals surface area contributed by atoms with E-state index in [2.05, 4.69) is 39.5 Å². The molecular formula is C21H23BrN2O3S. The molecule has 1 aliphatic heterocycles. The summed E-state index contributed by atoms with van der Waals surface area (Å²) in [5.74, 6) is 1.46. The molecule has 1 heterocycles. The van der Waals surface area contributed by atoms with E-state index in [-0.39, 0.29) is 4.91 Å². The van der Waals surface area contributed by atoms with Crippen LogP contribution in [0, 0.1) is 0 Å². The smallest absolute Gasteiger partial charge is 0.264 e. The third-order valence-electron chi connectivity index (χ3n) is 4.69. The first-order chi connectivity index (χ1) is 13.2. The van der Waals surface area contributed by atoms with Crippen molar-refractivity contribution < 1.29 is 13.2 Å². The van der Waals surface area contributed by atoms with Crippen LogP contribution in [-0.2, 0) is 16.6 Å². The highest BCUT2D eigenvalue weighted by Gasteiger charge is 2.32. The molecule has 28 heavy (non-hydrogen) atoms. The van der Waals surface area contributed by atoms with Crippen molar-refractivity contribution >= 4 is 36.7 Å². The second-order valence-corrected chi connectivity index (χ2v) is 9.49. The van der Waals surface area contributed by atoms with Gasteiger partial charge in [0.25, 0.3) is 10.0 Å². The zero-order chi connectivity index (χ0) is 20.5. The highest BCUT2D eigenvalue weighted by atomic mass is 79.9. The molecule has 0 radical (unpaired) electrons. The van der Waals surface area contributed by atoms with Gasteiger partial charge in [-0.2, -0.15) is 0 Å². The van der Waals surface area contributed by atoms with Crippen LogP contribution in [0.2, 0.25) is 0 Å². The first-order valence-corrected chi connectivity index (χ1v) is 11.2. The largest absolute Gasteiger partial charge is 0.496 e. The van der Waals surface area contributed by atoms with Crippen molar-refractivity contribution in [2.75, 3.05) is 7.11 Å².